The van der Waals surface area contributed by atoms with E-state index in [4.69, 9.17) is 13.9 Å². The van der Waals surface area contributed by atoms with Crippen LogP contribution in [0.1, 0.15) is 108 Å². The van der Waals surface area contributed by atoms with Gasteiger partial charge in [0, 0.05) is 6.54 Å². The number of amides is 5. The van der Waals surface area contributed by atoms with Crippen LogP contribution in [0.3, 0.4) is 0 Å². The van der Waals surface area contributed by atoms with E-state index in [9.17, 15) is 24.0 Å². The molecule has 0 aromatic carbocycles. The highest BCUT2D eigenvalue weighted by atomic mass is 16.5. The molecule has 4 atom stereocenters. The molecule has 0 spiro atoms. The predicted octanol–water partition coefficient (Wildman–Crippen LogP) is 4.57. The Bertz CT molecular complexity index is 1160. The highest BCUT2D eigenvalue weighted by Gasteiger charge is 2.45. The minimum atomic E-state index is -0.974. The molecule has 2 fully saturated rings. The zero-order valence-electron chi connectivity index (χ0n) is 31.6. The Balaban J connectivity index is 0.00000163. The van der Waals surface area contributed by atoms with Gasteiger partial charge in [0.1, 0.15) is 31.0 Å². The molecule has 0 bridgehead atoms. The van der Waals surface area contributed by atoms with Crippen molar-refractivity contribution in [2.24, 2.45) is 34.8 Å². The highest BCUT2D eigenvalue weighted by molar-refractivity contribution is 5.95. The number of urea groups is 1. The Kier molecular flexibility index (Phi) is 20.9. The highest BCUT2D eigenvalue weighted by Crippen LogP contribution is 2.32. The summed E-state index contributed by atoms with van der Waals surface area (Å²) in [5, 5.41) is 7.78. The summed E-state index contributed by atoms with van der Waals surface area (Å²) in [6.07, 6.45) is 6.63. The van der Waals surface area contributed by atoms with Gasteiger partial charge >= 0.3 is 12.0 Å². The van der Waals surface area contributed by atoms with E-state index in [0.717, 1.165) is 11.8 Å². The van der Waals surface area contributed by atoms with Gasteiger partial charge in [-0.05, 0) is 61.5 Å². The number of carbonyl (C=O) groups is 6. The van der Waals surface area contributed by atoms with Gasteiger partial charge in [0.15, 0.2) is 5.78 Å². The Morgan fingerprint density at radius 2 is 1.61 bits per heavy atom. The average Bonchev–Trinajstić information content (AvgIpc) is 3.67. The summed E-state index contributed by atoms with van der Waals surface area (Å²) in [5.74, 6) is 1.05. The van der Waals surface area contributed by atoms with Crippen molar-refractivity contribution in [3.05, 3.63) is 24.2 Å². The van der Waals surface area contributed by atoms with Crippen LogP contribution in [-0.4, -0.2) is 72.1 Å². The molecule has 4 unspecified atom stereocenters. The minimum absolute atomic E-state index is 0.0596. The lowest BCUT2D eigenvalue weighted by Crippen LogP contribution is -2.59. The van der Waals surface area contributed by atoms with Crippen molar-refractivity contribution in [1.82, 2.24) is 20.9 Å². The molecule has 5 N–H and O–H groups in total. The van der Waals surface area contributed by atoms with Crippen molar-refractivity contribution >= 4 is 36.0 Å². The fourth-order valence-corrected chi connectivity index (χ4v) is 4.61. The van der Waals surface area contributed by atoms with E-state index < -0.39 is 53.9 Å². The van der Waals surface area contributed by atoms with Gasteiger partial charge in [-0.2, -0.15) is 0 Å². The minimum Gasteiger partial charge on any atom is -0.466 e. The standard InChI is InChI=1S/C26H40N4O7.C5H10.C4H10.CH3NO/c1-15(2)18-11-20(23(33)28-16(3)17(4)31)30(13-18)24(34)22(26(5,6)7)29-25(35)27-12-21(32)37-14-19-9-8-10-36-19;1-5-3-2-4-5;1-4(2)3;2-1-3/h8-10,15-16,18,20,22H,11-14H2,1-7H3,(H,28,33)(H2,27,29,35);5H,2-4H2,1H3;4H,1-3H3;1H,(H2,2,3). The van der Waals surface area contributed by atoms with Crippen LogP contribution in [0.25, 0.3) is 0 Å². The van der Waals surface area contributed by atoms with Crippen LogP contribution in [0.5, 0.6) is 0 Å². The summed E-state index contributed by atoms with van der Waals surface area (Å²) in [4.78, 5) is 73.1. The molecule has 3 rings (SSSR count). The molecule has 0 radical (unpaired) electrons. The van der Waals surface area contributed by atoms with Crippen LogP contribution >= 0.6 is 0 Å². The van der Waals surface area contributed by atoms with Crippen LogP contribution in [0.2, 0.25) is 0 Å². The van der Waals surface area contributed by atoms with E-state index in [-0.39, 0.29) is 30.6 Å². The van der Waals surface area contributed by atoms with Crippen LogP contribution in [-0.2, 0) is 35.3 Å². The quantitative estimate of drug-likeness (QED) is 0.202. The monoisotopic (exact) mass is 693 g/mol. The summed E-state index contributed by atoms with van der Waals surface area (Å²) in [7, 11) is 0. The normalized spacial score (nSPS) is 18.1. The number of primary amides is 1. The van der Waals surface area contributed by atoms with Crippen molar-refractivity contribution < 1.29 is 37.9 Å². The van der Waals surface area contributed by atoms with Gasteiger partial charge in [-0.3, -0.25) is 24.0 Å². The smallest absolute Gasteiger partial charge is 0.325 e. The van der Waals surface area contributed by atoms with Gasteiger partial charge in [-0.1, -0.05) is 81.6 Å². The first-order valence-corrected chi connectivity index (χ1v) is 17.2. The van der Waals surface area contributed by atoms with Crippen molar-refractivity contribution in [2.75, 3.05) is 13.1 Å². The Hall–Kier alpha value is -3.90. The molecule has 1 aliphatic heterocycles. The summed E-state index contributed by atoms with van der Waals surface area (Å²) in [6, 6.07) is 0.210. The topological polar surface area (TPSA) is 190 Å². The van der Waals surface area contributed by atoms with Gasteiger partial charge in [-0.15, -0.1) is 0 Å². The number of ether oxygens (including phenoxy) is 1. The number of carbonyl (C=O) groups excluding carboxylic acids is 6. The first kappa shape index (κ1) is 45.1. The lowest BCUT2D eigenvalue weighted by atomic mass is 9.85. The molecule has 49 heavy (non-hydrogen) atoms. The van der Waals surface area contributed by atoms with E-state index in [1.807, 2.05) is 13.8 Å². The van der Waals surface area contributed by atoms with Crippen LogP contribution < -0.4 is 21.7 Å². The van der Waals surface area contributed by atoms with Crippen molar-refractivity contribution in [2.45, 2.75) is 127 Å². The maximum atomic E-state index is 13.7. The number of hydrogen-bond acceptors (Lipinski definition) is 8. The largest absolute Gasteiger partial charge is 0.466 e. The van der Waals surface area contributed by atoms with Gasteiger partial charge in [0.2, 0.25) is 18.2 Å². The molecule has 2 aliphatic rings. The predicted molar refractivity (Wildman–Crippen MR) is 189 cm³/mol. The van der Waals surface area contributed by atoms with E-state index in [0.29, 0.717) is 18.7 Å². The first-order valence-electron chi connectivity index (χ1n) is 17.2. The molecule has 280 valence electrons. The molecule has 1 aromatic rings. The lowest BCUT2D eigenvalue weighted by molar-refractivity contribution is -0.144. The second kappa shape index (κ2) is 22.7. The number of nitrogens with two attached hydrogens (primary N) is 1. The molecule has 1 saturated carbocycles. The fourth-order valence-electron chi connectivity index (χ4n) is 4.61. The third-order valence-electron chi connectivity index (χ3n) is 7.96. The third-order valence-corrected chi connectivity index (χ3v) is 7.96. The first-order chi connectivity index (χ1) is 22.7. The molecular formula is C36H63N5O8. The Morgan fingerprint density at radius 3 is 2.02 bits per heavy atom. The van der Waals surface area contributed by atoms with E-state index >= 15 is 0 Å². The van der Waals surface area contributed by atoms with E-state index in [1.54, 1.807) is 39.8 Å². The fraction of sp³-hybridized carbons (Fsp3) is 0.722. The zero-order chi connectivity index (χ0) is 37.9. The number of esters is 1. The molecule has 1 aliphatic carbocycles. The van der Waals surface area contributed by atoms with Gasteiger partial charge in [0.25, 0.3) is 0 Å². The SMILES string of the molecule is CC(=O)C(C)NC(=O)C1CC(C(C)C)CN1C(=O)C(NC(=O)NCC(=O)OCc1ccco1)C(C)(C)C.CC(C)C.CC1CCC1.NC=O. The van der Waals surface area contributed by atoms with Gasteiger partial charge in [-0.25, -0.2) is 4.79 Å². The van der Waals surface area contributed by atoms with Crippen molar-refractivity contribution in [1.29, 1.82) is 0 Å². The average molecular weight is 694 g/mol. The zero-order valence-corrected chi connectivity index (χ0v) is 31.6. The van der Waals surface area contributed by atoms with E-state index in [2.05, 4.69) is 49.4 Å². The summed E-state index contributed by atoms with van der Waals surface area (Å²) < 4.78 is 10.1. The summed E-state index contributed by atoms with van der Waals surface area (Å²) >= 11 is 0. The van der Waals surface area contributed by atoms with Gasteiger partial charge in [0.05, 0.1) is 12.3 Å². The molecule has 2 heterocycles. The molecule has 13 heteroatoms. The molecule has 13 nitrogen and oxygen atoms in total. The van der Waals surface area contributed by atoms with Crippen molar-refractivity contribution in [3.8, 4) is 0 Å². The second-order valence-corrected chi connectivity index (χ2v) is 14.9. The van der Waals surface area contributed by atoms with Crippen LogP contribution in [0.4, 0.5) is 4.79 Å². The number of hydrogen-bond donors (Lipinski definition) is 4. The van der Waals surface area contributed by atoms with Crippen LogP contribution in [0, 0.1) is 29.1 Å². The van der Waals surface area contributed by atoms with E-state index in [1.165, 1.54) is 37.3 Å². The molecule has 5 amide bonds. The summed E-state index contributed by atoms with van der Waals surface area (Å²) in [6.45, 7) is 21.2. The third kappa shape index (κ3) is 18.4. The van der Waals surface area contributed by atoms with Crippen molar-refractivity contribution in [3.63, 3.8) is 0 Å². The Morgan fingerprint density at radius 1 is 1.06 bits per heavy atom. The number of furan rings is 1. The lowest BCUT2D eigenvalue weighted by Gasteiger charge is -2.35. The molecule has 1 aromatic heterocycles. The summed E-state index contributed by atoms with van der Waals surface area (Å²) in [5.41, 5.74) is 3.47. The molecule has 1 saturated heterocycles. The number of nitrogens with one attached hydrogen (secondary N) is 3. The number of nitrogens with zero attached hydrogens (tertiary/aromatic N) is 1. The maximum Gasteiger partial charge on any atom is 0.325 e. The van der Waals surface area contributed by atoms with Crippen LogP contribution in [0.15, 0.2) is 22.8 Å². The number of ketones is 1. The Labute approximate surface area is 293 Å². The second-order valence-electron chi connectivity index (χ2n) is 14.9. The number of rotatable bonds is 10. The number of Topliss-reactive ketones (excluding diaryl/α,β-unsaturated/α-hetero) is 1. The number of likely N-dealkylation sites (tertiary alicyclic amines) is 1. The maximum absolute atomic E-state index is 13.7. The van der Waals surface area contributed by atoms with Gasteiger partial charge < -0.3 is 35.7 Å². The molecular weight excluding hydrogens is 630 g/mol.